The number of aliphatic hydroxyl groups excluding tert-OH is 1. The number of fused-ring (bicyclic) bond motifs is 1. The number of amides is 2. The molecule has 0 atom stereocenters. The van der Waals surface area contributed by atoms with Crippen molar-refractivity contribution >= 4 is 11.7 Å². The molecule has 124 valence electrons. The molecule has 7 nitrogen and oxygen atoms in total. The van der Waals surface area contributed by atoms with Crippen LogP contribution in [0.1, 0.15) is 36.8 Å². The van der Waals surface area contributed by atoms with Gasteiger partial charge in [0.2, 0.25) is 0 Å². The summed E-state index contributed by atoms with van der Waals surface area (Å²) in [4.78, 5) is 24.8. The van der Waals surface area contributed by atoms with Gasteiger partial charge in [-0.3, -0.25) is 10.1 Å². The molecule has 1 aromatic rings. The van der Waals surface area contributed by atoms with Crippen molar-refractivity contribution in [3.63, 3.8) is 0 Å². The minimum atomic E-state index is -0.359. The summed E-state index contributed by atoms with van der Waals surface area (Å²) >= 11 is 0. The van der Waals surface area contributed by atoms with Gasteiger partial charge in [-0.15, -0.1) is 0 Å². The van der Waals surface area contributed by atoms with E-state index in [-0.39, 0.29) is 28.8 Å². The van der Waals surface area contributed by atoms with E-state index in [1.165, 1.54) is 6.07 Å². The van der Waals surface area contributed by atoms with Gasteiger partial charge < -0.3 is 15.3 Å². The third-order valence-electron chi connectivity index (χ3n) is 4.75. The Morgan fingerprint density at radius 3 is 2.74 bits per heavy atom. The highest BCUT2D eigenvalue weighted by molar-refractivity contribution is 5.75. The Kier molecular flexibility index (Phi) is 4.47. The summed E-state index contributed by atoms with van der Waals surface area (Å²) in [6.45, 7) is 0.886. The van der Waals surface area contributed by atoms with Crippen molar-refractivity contribution in [1.82, 2.24) is 10.2 Å². The van der Waals surface area contributed by atoms with Crippen molar-refractivity contribution < 1.29 is 14.8 Å². The van der Waals surface area contributed by atoms with Crippen LogP contribution >= 0.6 is 0 Å². The summed E-state index contributed by atoms with van der Waals surface area (Å²) in [5.41, 5.74) is 1.73. The molecule has 23 heavy (non-hydrogen) atoms. The molecule has 3 rings (SSSR count). The van der Waals surface area contributed by atoms with Gasteiger partial charge in [0, 0.05) is 30.8 Å². The first-order chi connectivity index (χ1) is 11.0. The van der Waals surface area contributed by atoms with Crippen LogP contribution in [0.5, 0.6) is 0 Å². The lowest BCUT2D eigenvalue weighted by Gasteiger charge is -2.32. The average molecular weight is 319 g/mol. The molecule has 1 aliphatic heterocycles. The molecule has 1 aromatic carbocycles. The molecular formula is C16H21N3O4. The van der Waals surface area contributed by atoms with E-state index in [0.29, 0.717) is 19.5 Å². The van der Waals surface area contributed by atoms with Crippen molar-refractivity contribution in [2.24, 2.45) is 0 Å². The number of urea groups is 1. The van der Waals surface area contributed by atoms with Gasteiger partial charge in [-0.2, -0.15) is 0 Å². The van der Waals surface area contributed by atoms with Crippen molar-refractivity contribution in [2.45, 2.75) is 50.8 Å². The van der Waals surface area contributed by atoms with Crippen molar-refractivity contribution in [3.8, 4) is 0 Å². The van der Waals surface area contributed by atoms with Gasteiger partial charge in [0.05, 0.1) is 11.0 Å². The summed E-state index contributed by atoms with van der Waals surface area (Å²) in [5, 5.41) is 23.6. The highest BCUT2D eigenvalue weighted by Crippen LogP contribution is 2.28. The number of hydrogen-bond acceptors (Lipinski definition) is 4. The van der Waals surface area contributed by atoms with E-state index in [9.17, 15) is 20.0 Å². The number of nitrogens with one attached hydrogen (secondary N) is 1. The van der Waals surface area contributed by atoms with Crippen LogP contribution in [-0.2, 0) is 13.0 Å². The van der Waals surface area contributed by atoms with Crippen molar-refractivity contribution in [2.75, 3.05) is 6.54 Å². The van der Waals surface area contributed by atoms with Crippen LogP contribution in [0.15, 0.2) is 18.2 Å². The normalized spacial score (nSPS) is 24.0. The minimum absolute atomic E-state index is 0.109. The molecule has 2 amide bonds. The molecule has 0 bridgehead atoms. The maximum Gasteiger partial charge on any atom is 0.317 e. The van der Waals surface area contributed by atoms with Crippen LogP contribution in [0.3, 0.4) is 0 Å². The Bertz CT molecular complexity index is 611. The van der Waals surface area contributed by atoms with Crippen molar-refractivity contribution in [3.05, 3.63) is 39.4 Å². The predicted octanol–water partition coefficient (Wildman–Crippen LogP) is 1.97. The number of rotatable bonds is 2. The van der Waals surface area contributed by atoms with E-state index >= 15 is 0 Å². The lowest BCUT2D eigenvalue weighted by molar-refractivity contribution is -0.385. The third kappa shape index (κ3) is 3.44. The Balaban J connectivity index is 1.64. The molecule has 1 aliphatic carbocycles. The lowest BCUT2D eigenvalue weighted by Crippen LogP contribution is -2.47. The zero-order chi connectivity index (χ0) is 16.4. The zero-order valence-electron chi connectivity index (χ0n) is 12.9. The molecule has 0 unspecified atom stereocenters. The quantitative estimate of drug-likeness (QED) is 0.643. The van der Waals surface area contributed by atoms with Crippen LogP contribution in [0, 0.1) is 10.1 Å². The number of carbonyl (C=O) groups is 1. The van der Waals surface area contributed by atoms with Crippen LogP contribution < -0.4 is 5.32 Å². The number of aliphatic hydroxyl groups is 1. The first kappa shape index (κ1) is 15.7. The highest BCUT2D eigenvalue weighted by atomic mass is 16.6. The van der Waals surface area contributed by atoms with Gasteiger partial charge in [-0.25, -0.2) is 4.79 Å². The maximum atomic E-state index is 12.4. The number of carbonyl (C=O) groups excluding carboxylic acids is 1. The lowest BCUT2D eigenvalue weighted by atomic mass is 9.93. The van der Waals surface area contributed by atoms with Crippen LogP contribution in [0.25, 0.3) is 0 Å². The van der Waals surface area contributed by atoms with Gasteiger partial charge in [0.15, 0.2) is 0 Å². The number of nitro benzene ring substituents is 1. The first-order valence-electron chi connectivity index (χ1n) is 8.03. The summed E-state index contributed by atoms with van der Waals surface area (Å²) in [5.74, 6) is 0. The smallest absolute Gasteiger partial charge is 0.317 e. The van der Waals surface area contributed by atoms with Crippen LogP contribution in [0.2, 0.25) is 0 Å². The van der Waals surface area contributed by atoms with Gasteiger partial charge in [-0.1, -0.05) is 12.1 Å². The van der Waals surface area contributed by atoms with Gasteiger partial charge in [0.1, 0.15) is 0 Å². The van der Waals surface area contributed by atoms with Gasteiger partial charge in [-0.05, 0) is 37.7 Å². The second-order valence-corrected chi connectivity index (χ2v) is 6.30. The SMILES string of the molecule is O=C(NC1CCC(O)CC1)N1CCc2c(cccc2[N+](=O)[O-])C1. The number of hydrogen-bond donors (Lipinski definition) is 2. The maximum absolute atomic E-state index is 12.4. The average Bonchev–Trinajstić information content (AvgIpc) is 2.55. The fraction of sp³-hybridized carbons (Fsp3) is 0.562. The summed E-state index contributed by atoms with van der Waals surface area (Å²) in [6.07, 6.45) is 3.29. The molecule has 1 saturated carbocycles. The molecule has 0 aromatic heterocycles. The second kappa shape index (κ2) is 6.54. The van der Waals surface area contributed by atoms with Crippen molar-refractivity contribution in [1.29, 1.82) is 0 Å². The molecule has 1 fully saturated rings. The first-order valence-corrected chi connectivity index (χ1v) is 8.03. The molecule has 7 heteroatoms. The third-order valence-corrected chi connectivity index (χ3v) is 4.75. The topological polar surface area (TPSA) is 95.7 Å². The summed E-state index contributed by atoms with van der Waals surface area (Å²) < 4.78 is 0. The molecule has 0 spiro atoms. The fourth-order valence-electron chi connectivity index (χ4n) is 3.42. The van der Waals surface area contributed by atoms with Gasteiger partial charge >= 0.3 is 6.03 Å². The Hall–Kier alpha value is -2.15. The summed E-state index contributed by atoms with van der Waals surface area (Å²) in [7, 11) is 0. The van der Waals surface area contributed by atoms with E-state index in [2.05, 4.69) is 5.32 Å². The van der Waals surface area contributed by atoms with Crippen LogP contribution in [-0.4, -0.2) is 39.7 Å². The largest absolute Gasteiger partial charge is 0.393 e. The molecule has 1 heterocycles. The number of nitro groups is 1. The molecular weight excluding hydrogens is 298 g/mol. The number of nitrogens with zero attached hydrogens (tertiary/aromatic N) is 2. The predicted molar refractivity (Wildman–Crippen MR) is 84.0 cm³/mol. The van der Waals surface area contributed by atoms with E-state index < -0.39 is 0 Å². The molecule has 2 aliphatic rings. The minimum Gasteiger partial charge on any atom is -0.393 e. The summed E-state index contributed by atoms with van der Waals surface area (Å²) in [6, 6.07) is 5.02. The molecule has 0 radical (unpaired) electrons. The molecule has 0 saturated heterocycles. The fourth-order valence-corrected chi connectivity index (χ4v) is 3.42. The van der Waals surface area contributed by atoms with E-state index in [4.69, 9.17) is 0 Å². The van der Waals surface area contributed by atoms with Gasteiger partial charge in [0.25, 0.3) is 5.69 Å². The van der Waals surface area contributed by atoms with Crippen LogP contribution in [0.4, 0.5) is 10.5 Å². The Labute approximate surface area is 134 Å². The highest BCUT2D eigenvalue weighted by Gasteiger charge is 2.28. The second-order valence-electron chi connectivity index (χ2n) is 6.30. The number of benzene rings is 1. The van der Waals surface area contributed by atoms with E-state index in [1.807, 2.05) is 6.07 Å². The molecule has 2 N–H and O–H groups in total. The van der Waals surface area contributed by atoms with E-state index in [1.54, 1.807) is 11.0 Å². The monoisotopic (exact) mass is 319 g/mol. The standard InChI is InChI=1S/C16H21N3O4/c20-13-6-4-12(5-7-13)17-16(21)18-9-8-14-11(10-18)2-1-3-15(14)19(22)23/h1-3,12-13,20H,4-10H2,(H,17,21). The Morgan fingerprint density at radius 1 is 1.30 bits per heavy atom. The Morgan fingerprint density at radius 2 is 2.04 bits per heavy atom. The van der Waals surface area contributed by atoms with E-state index in [0.717, 1.165) is 36.8 Å². The zero-order valence-corrected chi connectivity index (χ0v) is 12.9.